The molecule has 7 nitrogen and oxygen atoms in total. The van der Waals surface area contributed by atoms with Crippen molar-refractivity contribution in [3.63, 3.8) is 0 Å². The second-order valence-electron chi connectivity index (χ2n) is 7.23. The van der Waals surface area contributed by atoms with Gasteiger partial charge in [-0.15, -0.1) is 0 Å². The number of benzene rings is 1. The molecule has 1 amide bonds. The minimum absolute atomic E-state index is 0.237. The molecule has 0 aliphatic carbocycles. The van der Waals surface area contributed by atoms with Crippen LogP contribution in [0.25, 0.3) is 10.9 Å². The van der Waals surface area contributed by atoms with Crippen molar-refractivity contribution in [1.82, 2.24) is 14.8 Å². The predicted molar refractivity (Wildman–Crippen MR) is 115 cm³/mol. The summed E-state index contributed by atoms with van der Waals surface area (Å²) in [6.45, 7) is 13.7. The largest absolute Gasteiger partial charge is 0.442 e. The zero-order chi connectivity index (χ0) is 21.6. The molecule has 0 saturated carbocycles. The molecule has 1 atom stereocenters. The Morgan fingerprint density at radius 2 is 2.17 bits per heavy atom. The molecule has 2 aromatic rings. The highest BCUT2D eigenvalue weighted by Crippen LogP contribution is 2.27. The normalized spacial score (nSPS) is 16.7. The summed E-state index contributed by atoms with van der Waals surface area (Å²) in [7, 11) is 0. The van der Waals surface area contributed by atoms with E-state index in [2.05, 4.69) is 44.6 Å². The van der Waals surface area contributed by atoms with E-state index >= 15 is 0 Å². The Morgan fingerprint density at radius 3 is 2.76 bits per heavy atom. The lowest BCUT2D eigenvalue weighted by molar-refractivity contribution is 0.122. The lowest BCUT2D eigenvalue weighted by Gasteiger charge is -2.17. The van der Waals surface area contributed by atoms with Crippen molar-refractivity contribution in [1.29, 1.82) is 0 Å². The lowest BCUT2D eigenvalue weighted by atomic mass is 10.2. The number of ether oxygens (including phenoxy) is 1. The number of rotatable bonds is 6. The van der Waals surface area contributed by atoms with Gasteiger partial charge in [-0.3, -0.25) is 14.6 Å². The fourth-order valence-corrected chi connectivity index (χ4v) is 3.01. The van der Waals surface area contributed by atoms with Crippen LogP contribution in [0.2, 0.25) is 0 Å². The van der Waals surface area contributed by atoms with E-state index in [1.807, 2.05) is 22.9 Å². The maximum absolute atomic E-state index is 13.0. The number of carbonyl (C=O) groups excluding carboxylic acids is 1. The van der Waals surface area contributed by atoms with Gasteiger partial charge in [0, 0.05) is 23.8 Å². The van der Waals surface area contributed by atoms with Gasteiger partial charge >= 0.3 is 6.09 Å². The number of allylic oxidation sites excluding steroid dienone is 1. The van der Waals surface area contributed by atoms with Crippen LogP contribution < -0.4 is 4.90 Å². The molecule has 1 fully saturated rings. The number of hydrogen-bond donors (Lipinski definition) is 0. The summed E-state index contributed by atoms with van der Waals surface area (Å²) in [6, 6.07) is 6.00. The van der Waals surface area contributed by atoms with Gasteiger partial charge in [0.2, 0.25) is 0 Å². The van der Waals surface area contributed by atoms with Gasteiger partial charge in [0.05, 0.1) is 31.0 Å². The highest BCUT2D eigenvalue weighted by Gasteiger charge is 2.33. The van der Waals surface area contributed by atoms with E-state index in [9.17, 15) is 9.18 Å². The number of aromatic nitrogens is 2. The van der Waals surface area contributed by atoms with Crippen LogP contribution >= 0.6 is 0 Å². The van der Waals surface area contributed by atoms with Gasteiger partial charge < -0.3 is 4.74 Å². The van der Waals surface area contributed by atoms with Crippen LogP contribution in [0, 0.1) is 0 Å². The molecule has 1 aromatic heterocycles. The highest BCUT2D eigenvalue weighted by molar-refractivity contribution is 5.93. The molecule has 1 unspecified atom stereocenters. The van der Waals surface area contributed by atoms with Crippen molar-refractivity contribution < 1.29 is 13.9 Å². The van der Waals surface area contributed by atoms with Crippen LogP contribution in [-0.4, -0.2) is 46.8 Å². The van der Waals surface area contributed by atoms with Gasteiger partial charge in [-0.05, 0) is 39.0 Å². The van der Waals surface area contributed by atoms with E-state index in [4.69, 9.17) is 4.74 Å². The first-order chi connectivity index (χ1) is 13.8. The summed E-state index contributed by atoms with van der Waals surface area (Å²) >= 11 is 0. The molecule has 1 aliphatic rings. The van der Waals surface area contributed by atoms with E-state index in [0.29, 0.717) is 6.54 Å². The third-order valence-corrected chi connectivity index (χ3v) is 4.15. The van der Waals surface area contributed by atoms with Gasteiger partial charge in [-0.1, -0.05) is 20.3 Å². The molecule has 0 spiro atoms. The first kappa shape index (κ1) is 22.4. The average molecular weight is 404 g/mol. The molecule has 1 saturated heterocycles. The average Bonchev–Trinajstić information content (AvgIpc) is 3.24. The van der Waals surface area contributed by atoms with Crippen molar-refractivity contribution in [2.75, 3.05) is 18.0 Å². The van der Waals surface area contributed by atoms with E-state index in [0.717, 1.165) is 16.6 Å². The molecule has 0 radical (unpaired) electrons. The Bertz CT molecular complexity index is 873. The summed E-state index contributed by atoms with van der Waals surface area (Å²) in [6.07, 6.45) is 3.39. The Hall–Kier alpha value is -2.90. The first-order valence-corrected chi connectivity index (χ1v) is 9.83. The third-order valence-electron chi connectivity index (χ3n) is 4.15. The maximum atomic E-state index is 13.0. The van der Waals surface area contributed by atoms with Crippen molar-refractivity contribution in [3.8, 4) is 0 Å². The van der Waals surface area contributed by atoms with Gasteiger partial charge in [0.15, 0.2) is 0 Å². The summed E-state index contributed by atoms with van der Waals surface area (Å²) < 4.78 is 20.4. The van der Waals surface area contributed by atoms with Crippen LogP contribution in [0.15, 0.2) is 41.5 Å². The number of nitrogens with zero attached hydrogens (tertiary/aromatic N) is 5. The summed E-state index contributed by atoms with van der Waals surface area (Å²) in [4.78, 5) is 13.8. The van der Waals surface area contributed by atoms with Crippen molar-refractivity contribution in [3.05, 3.63) is 36.4 Å². The molecule has 0 N–H and O–H groups in total. The molecular weight excluding hydrogens is 373 g/mol. The number of fused-ring (bicyclic) bond motifs is 1. The first-order valence-electron chi connectivity index (χ1n) is 9.83. The Labute approximate surface area is 171 Å². The predicted octanol–water partition coefficient (Wildman–Crippen LogP) is 5.11. The van der Waals surface area contributed by atoms with E-state index < -0.39 is 18.0 Å². The Kier molecular flexibility index (Phi) is 7.75. The fraction of sp³-hybridized carbons (Fsp3) is 0.476. The van der Waals surface area contributed by atoms with E-state index in [1.165, 1.54) is 24.6 Å². The second-order valence-corrected chi connectivity index (χ2v) is 7.23. The molecule has 1 aliphatic heterocycles. The molecule has 29 heavy (non-hydrogen) atoms. The molecule has 3 rings (SSSR count). The van der Waals surface area contributed by atoms with E-state index in [1.54, 1.807) is 11.1 Å². The second kappa shape index (κ2) is 10.0. The number of halogens is 1. The van der Waals surface area contributed by atoms with Gasteiger partial charge in [-0.2, -0.15) is 10.2 Å². The van der Waals surface area contributed by atoms with Crippen molar-refractivity contribution in [2.24, 2.45) is 5.10 Å². The zero-order valence-electron chi connectivity index (χ0n) is 17.8. The number of carbonyl (C=O) groups is 1. The smallest absolute Gasteiger partial charge is 0.414 e. The number of cyclic esters (lactones) is 1. The van der Waals surface area contributed by atoms with Crippen LogP contribution in [0.4, 0.5) is 14.9 Å². The minimum atomic E-state index is -0.435. The van der Waals surface area contributed by atoms with Crippen LogP contribution in [-0.2, 0) is 4.74 Å². The van der Waals surface area contributed by atoms with E-state index in [-0.39, 0.29) is 12.6 Å². The Balaban J connectivity index is 0.000000941. The number of hydrogen-bond acceptors (Lipinski definition) is 5. The zero-order valence-corrected chi connectivity index (χ0v) is 17.8. The summed E-state index contributed by atoms with van der Waals surface area (Å²) in [5.41, 5.74) is 1.75. The quantitative estimate of drug-likeness (QED) is 0.497. The Morgan fingerprint density at radius 1 is 1.48 bits per heavy atom. The molecule has 0 bridgehead atoms. The monoisotopic (exact) mass is 403 g/mol. The van der Waals surface area contributed by atoms with Gasteiger partial charge in [-0.25, -0.2) is 9.18 Å². The summed E-state index contributed by atoms with van der Waals surface area (Å²) in [5, 5.41) is 10.4. The molecular formula is C21H30FN5O2. The fourth-order valence-electron chi connectivity index (χ4n) is 3.01. The highest BCUT2D eigenvalue weighted by atomic mass is 19.1. The molecule has 8 heteroatoms. The molecule has 1 aromatic carbocycles. The lowest BCUT2D eigenvalue weighted by Crippen LogP contribution is -2.29. The number of amides is 1. The van der Waals surface area contributed by atoms with Gasteiger partial charge in [0.1, 0.15) is 11.9 Å². The van der Waals surface area contributed by atoms with Crippen molar-refractivity contribution in [2.45, 2.75) is 53.2 Å². The van der Waals surface area contributed by atoms with Gasteiger partial charge in [0.25, 0.3) is 0 Å². The molecule has 158 valence electrons. The van der Waals surface area contributed by atoms with Crippen LogP contribution in [0.3, 0.4) is 0 Å². The van der Waals surface area contributed by atoms with Crippen LogP contribution in [0.1, 0.15) is 47.1 Å². The summed E-state index contributed by atoms with van der Waals surface area (Å²) in [5.74, 6) is -0.397. The maximum Gasteiger partial charge on any atom is 0.414 e. The minimum Gasteiger partial charge on any atom is -0.442 e. The standard InChI is InChI=1S/C18H22FN5O2.C3H8/c1-12(2)24-17-6-5-15(7-14(17)8-21-24)23-11-16(26-18(23)25)10-22(20-4)9-13(3)19;1-3-2/h5-9,12,16H,4,10-11H2,1-3H3;3H2,1-2H3/b13-9+;. The molecule has 2 heterocycles. The SMILES string of the molecule is C=NN(/C=C(\C)F)CC1CN(c2ccc3c(cnn3C(C)C)c2)C(=O)O1.CCC. The third kappa shape index (κ3) is 5.56. The van der Waals surface area contributed by atoms with Crippen LogP contribution in [0.5, 0.6) is 0 Å². The van der Waals surface area contributed by atoms with Crippen molar-refractivity contribution >= 4 is 29.4 Å². The number of hydrazone groups is 1. The topological polar surface area (TPSA) is 63.0 Å². The number of anilines is 1.